The monoisotopic (exact) mass is 472 g/mol. The summed E-state index contributed by atoms with van der Waals surface area (Å²) < 4.78 is 0.990. The van der Waals surface area contributed by atoms with Crippen LogP contribution in [-0.2, 0) is 11.3 Å². The van der Waals surface area contributed by atoms with E-state index in [4.69, 9.17) is 23.2 Å². The summed E-state index contributed by atoms with van der Waals surface area (Å²) in [4.78, 5) is 25.8. The zero-order chi connectivity index (χ0) is 17.3. The molecule has 1 aliphatic heterocycles. The second-order valence-corrected chi connectivity index (χ2v) is 7.14. The van der Waals surface area contributed by atoms with Crippen molar-refractivity contribution in [3.05, 3.63) is 72.9 Å². The number of hydrogen-bond donors (Lipinski definition) is 1. The highest BCUT2D eigenvalue weighted by atomic mass is 127. The van der Waals surface area contributed by atoms with E-state index in [-0.39, 0.29) is 18.1 Å². The van der Waals surface area contributed by atoms with Crippen LogP contribution in [0.25, 0.3) is 6.08 Å². The number of hydrogen-bond acceptors (Lipinski definition) is 2. The van der Waals surface area contributed by atoms with Gasteiger partial charge in [0.25, 0.3) is 5.91 Å². The maximum Gasteiger partial charge on any atom is 0.329 e. The van der Waals surface area contributed by atoms with Gasteiger partial charge in [0.2, 0.25) is 0 Å². The second-order valence-electron chi connectivity index (χ2n) is 5.14. The largest absolute Gasteiger partial charge is 0.329 e. The molecule has 0 aromatic heterocycles. The lowest BCUT2D eigenvalue weighted by atomic mass is 10.2. The summed E-state index contributed by atoms with van der Waals surface area (Å²) in [6.45, 7) is 0.0872. The average molecular weight is 473 g/mol. The van der Waals surface area contributed by atoms with Gasteiger partial charge in [-0.1, -0.05) is 47.5 Å². The lowest BCUT2D eigenvalue weighted by Crippen LogP contribution is -2.30. The summed E-state index contributed by atoms with van der Waals surface area (Å²) in [6.07, 6.45) is 1.67. The first kappa shape index (κ1) is 17.3. The first-order valence-corrected chi connectivity index (χ1v) is 8.82. The Morgan fingerprint density at radius 1 is 1.12 bits per heavy atom. The van der Waals surface area contributed by atoms with Gasteiger partial charge in [0.05, 0.1) is 6.54 Å². The number of imide groups is 1. The molecule has 1 saturated heterocycles. The number of carbonyl (C=O) groups excluding carboxylic acids is 2. The van der Waals surface area contributed by atoms with Gasteiger partial charge >= 0.3 is 6.03 Å². The molecule has 7 heteroatoms. The summed E-state index contributed by atoms with van der Waals surface area (Å²) in [5.41, 5.74) is 1.77. The molecule has 2 aromatic carbocycles. The molecule has 0 aliphatic carbocycles. The van der Waals surface area contributed by atoms with Crippen molar-refractivity contribution in [3.8, 4) is 0 Å². The molecule has 1 heterocycles. The van der Waals surface area contributed by atoms with Gasteiger partial charge in [-0.15, -0.1) is 0 Å². The number of rotatable bonds is 3. The van der Waals surface area contributed by atoms with Gasteiger partial charge in [-0.2, -0.15) is 0 Å². The number of halogens is 3. The van der Waals surface area contributed by atoms with E-state index in [0.29, 0.717) is 15.6 Å². The van der Waals surface area contributed by atoms with Crippen molar-refractivity contribution < 1.29 is 9.59 Å². The zero-order valence-electron chi connectivity index (χ0n) is 12.2. The van der Waals surface area contributed by atoms with Crippen molar-refractivity contribution in [2.75, 3.05) is 0 Å². The predicted octanol–water partition coefficient (Wildman–Crippen LogP) is 4.69. The topological polar surface area (TPSA) is 49.4 Å². The Hall–Kier alpha value is -1.57. The van der Waals surface area contributed by atoms with Crippen LogP contribution >= 0.6 is 45.8 Å². The van der Waals surface area contributed by atoms with Crippen LogP contribution < -0.4 is 5.32 Å². The molecular formula is C17H11Cl2IN2O2. The minimum atomic E-state index is -0.469. The average Bonchev–Trinajstić information content (AvgIpc) is 2.79. The number of urea groups is 1. The summed E-state index contributed by atoms with van der Waals surface area (Å²) in [7, 11) is 0. The quantitative estimate of drug-likeness (QED) is 0.400. The molecule has 2 aromatic rings. The molecule has 0 bridgehead atoms. The Morgan fingerprint density at radius 2 is 1.88 bits per heavy atom. The van der Waals surface area contributed by atoms with Crippen LogP contribution in [0.2, 0.25) is 10.0 Å². The number of nitrogens with one attached hydrogen (secondary N) is 1. The second kappa shape index (κ2) is 7.13. The van der Waals surface area contributed by atoms with Gasteiger partial charge in [-0.25, -0.2) is 4.79 Å². The van der Waals surface area contributed by atoms with E-state index in [1.54, 1.807) is 24.3 Å². The molecule has 0 spiro atoms. The lowest BCUT2D eigenvalue weighted by molar-refractivity contribution is -0.123. The first-order chi connectivity index (χ1) is 11.5. The van der Waals surface area contributed by atoms with Crippen LogP contribution in [0.5, 0.6) is 0 Å². The van der Waals surface area contributed by atoms with E-state index in [0.717, 1.165) is 14.0 Å². The first-order valence-electron chi connectivity index (χ1n) is 6.98. The van der Waals surface area contributed by atoms with Crippen LogP contribution in [-0.4, -0.2) is 16.8 Å². The third kappa shape index (κ3) is 3.58. The molecule has 24 heavy (non-hydrogen) atoms. The summed E-state index contributed by atoms with van der Waals surface area (Å²) in [5, 5.41) is 3.52. The normalized spacial score (nSPS) is 16.0. The van der Waals surface area contributed by atoms with Crippen LogP contribution in [0.1, 0.15) is 11.1 Å². The Kier molecular flexibility index (Phi) is 5.12. The number of nitrogens with zero attached hydrogens (tertiary/aromatic N) is 1. The van der Waals surface area contributed by atoms with Crippen molar-refractivity contribution >= 4 is 63.8 Å². The standard InChI is InChI=1S/C17H11Cl2IN2O2/c18-12-6-5-11(13(19)8-12)9-22-16(23)15(21-17(22)24)7-10-3-1-2-4-14(10)20/h1-8H,9H2,(H,21,24). The molecular weight excluding hydrogens is 462 g/mol. The van der Waals surface area contributed by atoms with Gasteiger partial charge < -0.3 is 5.32 Å². The third-order valence-electron chi connectivity index (χ3n) is 3.51. The maximum absolute atomic E-state index is 12.5. The number of benzene rings is 2. The van der Waals surface area contributed by atoms with Crippen molar-refractivity contribution in [2.45, 2.75) is 6.54 Å². The Labute approximate surface area is 162 Å². The maximum atomic E-state index is 12.5. The molecule has 0 radical (unpaired) electrons. The molecule has 0 unspecified atom stereocenters. The highest BCUT2D eigenvalue weighted by Gasteiger charge is 2.33. The van der Waals surface area contributed by atoms with Crippen molar-refractivity contribution in [2.24, 2.45) is 0 Å². The molecule has 3 amide bonds. The SMILES string of the molecule is O=C1NC(=Cc2ccccc2I)C(=O)N1Cc1ccc(Cl)cc1Cl. The molecule has 122 valence electrons. The van der Waals surface area contributed by atoms with Crippen LogP contribution in [0.15, 0.2) is 48.2 Å². The van der Waals surface area contributed by atoms with E-state index >= 15 is 0 Å². The zero-order valence-corrected chi connectivity index (χ0v) is 15.9. The molecule has 1 aliphatic rings. The Morgan fingerprint density at radius 3 is 2.58 bits per heavy atom. The minimum absolute atomic E-state index is 0.0872. The molecule has 1 fully saturated rings. The smallest absolute Gasteiger partial charge is 0.303 e. The summed E-state index contributed by atoms with van der Waals surface area (Å²) >= 11 is 14.2. The van der Waals surface area contributed by atoms with E-state index in [1.165, 1.54) is 0 Å². The summed E-state index contributed by atoms with van der Waals surface area (Å²) in [6, 6.07) is 12.1. The third-order valence-corrected chi connectivity index (χ3v) is 5.08. The van der Waals surface area contributed by atoms with Gasteiger partial charge in [0, 0.05) is 13.6 Å². The van der Waals surface area contributed by atoms with Crippen molar-refractivity contribution in [3.63, 3.8) is 0 Å². The fourth-order valence-electron chi connectivity index (χ4n) is 2.28. The van der Waals surface area contributed by atoms with Crippen molar-refractivity contribution in [1.82, 2.24) is 10.2 Å². The van der Waals surface area contributed by atoms with Crippen LogP contribution in [0.4, 0.5) is 4.79 Å². The van der Waals surface area contributed by atoms with Gasteiger partial charge in [0.1, 0.15) is 5.70 Å². The van der Waals surface area contributed by atoms with Gasteiger partial charge in [-0.05, 0) is 58.0 Å². The van der Waals surface area contributed by atoms with E-state index < -0.39 is 6.03 Å². The summed E-state index contributed by atoms with van der Waals surface area (Å²) in [5.74, 6) is -0.384. The number of carbonyl (C=O) groups is 2. The van der Waals surface area contributed by atoms with Gasteiger partial charge in [-0.3, -0.25) is 9.69 Å². The van der Waals surface area contributed by atoms with Crippen molar-refractivity contribution in [1.29, 1.82) is 0 Å². The van der Waals surface area contributed by atoms with E-state index in [1.807, 2.05) is 24.3 Å². The minimum Gasteiger partial charge on any atom is -0.303 e. The Balaban J connectivity index is 1.85. The fraction of sp³-hybridized carbons (Fsp3) is 0.0588. The lowest BCUT2D eigenvalue weighted by Gasteiger charge is -2.13. The highest BCUT2D eigenvalue weighted by molar-refractivity contribution is 14.1. The van der Waals surface area contributed by atoms with Gasteiger partial charge in [0.15, 0.2) is 0 Å². The molecule has 0 atom stereocenters. The highest BCUT2D eigenvalue weighted by Crippen LogP contribution is 2.25. The van der Waals surface area contributed by atoms with E-state index in [2.05, 4.69) is 27.9 Å². The molecule has 3 rings (SSSR count). The number of amides is 3. The Bertz CT molecular complexity index is 867. The predicted molar refractivity (Wildman–Crippen MR) is 103 cm³/mol. The van der Waals surface area contributed by atoms with E-state index in [9.17, 15) is 9.59 Å². The van der Waals surface area contributed by atoms with Crippen LogP contribution in [0.3, 0.4) is 0 Å². The molecule has 4 nitrogen and oxygen atoms in total. The molecule has 0 saturated carbocycles. The molecule has 1 N–H and O–H groups in total. The fourth-order valence-corrected chi connectivity index (χ4v) is 3.29. The van der Waals surface area contributed by atoms with Crippen LogP contribution in [0, 0.1) is 3.57 Å².